The molecule has 1 aromatic heterocycles. The summed E-state index contributed by atoms with van der Waals surface area (Å²) >= 11 is 0. The summed E-state index contributed by atoms with van der Waals surface area (Å²) in [7, 11) is 4.01. The van der Waals surface area contributed by atoms with Crippen LogP contribution in [-0.4, -0.2) is 50.0 Å². The Morgan fingerprint density at radius 2 is 1.75 bits per heavy atom. The van der Waals surface area contributed by atoms with Crippen molar-refractivity contribution in [1.29, 1.82) is 0 Å². The van der Waals surface area contributed by atoms with Crippen molar-refractivity contribution in [2.75, 3.05) is 26.6 Å². The molecule has 1 aromatic carbocycles. The van der Waals surface area contributed by atoms with Gasteiger partial charge in [-0.1, -0.05) is 30.7 Å². The predicted molar refractivity (Wildman–Crippen MR) is 110 cm³/mol. The van der Waals surface area contributed by atoms with Gasteiger partial charge in [-0.2, -0.15) is 0 Å². The number of halogens is 3. The summed E-state index contributed by atoms with van der Waals surface area (Å²) in [5, 5.41) is 1.91. The molecule has 1 aliphatic carbocycles. The minimum absolute atomic E-state index is 0.0981. The quantitative estimate of drug-likeness (QED) is 0.326. The summed E-state index contributed by atoms with van der Waals surface area (Å²) in [6.45, 7) is 0. The number of esters is 1. The molecule has 2 aromatic rings. The number of nitrogens with one attached hydrogen (secondary N) is 1. The summed E-state index contributed by atoms with van der Waals surface area (Å²) < 4.78 is 54.5. The van der Waals surface area contributed by atoms with Gasteiger partial charge in [-0.25, -0.2) is 23.1 Å². The molecule has 1 aliphatic rings. The highest BCUT2D eigenvalue weighted by atomic mass is 19.3. The zero-order chi connectivity index (χ0) is 23.3. The second-order valence-electron chi connectivity index (χ2n) is 7.47. The van der Waals surface area contributed by atoms with Crippen LogP contribution >= 0.6 is 0 Å². The number of hydrogen-bond acceptors (Lipinski definition) is 7. The third-order valence-corrected chi connectivity index (χ3v) is 5.58. The van der Waals surface area contributed by atoms with E-state index in [2.05, 4.69) is 9.97 Å². The number of aromatic nitrogens is 2. The number of ether oxygens (including phenoxy) is 3. The van der Waals surface area contributed by atoms with Gasteiger partial charge in [0.2, 0.25) is 12.2 Å². The van der Waals surface area contributed by atoms with Crippen LogP contribution < -0.4 is 5.32 Å². The largest absolute Gasteiger partial charge is 0.468 e. The van der Waals surface area contributed by atoms with Gasteiger partial charge in [-0.3, -0.25) is 4.79 Å². The smallest absolute Gasteiger partial charge is 0.319 e. The van der Waals surface area contributed by atoms with Crippen molar-refractivity contribution in [1.82, 2.24) is 9.97 Å². The van der Waals surface area contributed by atoms with Gasteiger partial charge in [0.05, 0.1) is 12.8 Å². The first-order valence-corrected chi connectivity index (χ1v) is 10.2. The van der Waals surface area contributed by atoms with Gasteiger partial charge in [0.1, 0.15) is 5.92 Å². The van der Waals surface area contributed by atoms with E-state index in [4.69, 9.17) is 14.2 Å². The van der Waals surface area contributed by atoms with Crippen molar-refractivity contribution in [2.24, 2.45) is 0 Å². The summed E-state index contributed by atoms with van der Waals surface area (Å²) in [5.74, 6) is -1.56. The standard InChI is InChI=1S/C22H26F3N3O4/c1-30-20(29)16(14-9-7-13(8-10-14)12-5-4-6-12)17-15(21(31-2)32-3)11-26-22(27-17)28-19(25)18(23)24/h7-12,16,18-19,21H,4-6H2,1-3H3,(H,26,27,28). The van der Waals surface area contributed by atoms with Gasteiger partial charge in [0.25, 0.3) is 6.43 Å². The van der Waals surface area contributed by atoms with Crippen LogP contribution in [0, 0.1) is 0 Å². The number of rotatable bonds is 10. The Balaban J connectivity index is 2.06. The highest BCUT2D eigenvalue weighted by Crippen LogP contribution is 2.38. The van der Waals surface area contributed by atoms with E-state index >= 15 is 0 Å². The van der Waals surface area contributed by atoms with Crippen LogP contribution in [0.1, 0.15) is 59.8 Å². The number of methoxy groups -OCH3 is 3. The first kappa shape index (κ1) is 23.9. The van der Waals surface area contributed by atoms with E-state index in [0.717, 1.165) is 12.8 Å². The normalized spacial score (nSPS) is 16.0. The van der Waals surface area contributed by atoms with Crippen molar-refractivity contribution < 1.29 is 32.2 Å². The molecule has 1 saturated carbocycles. The van der Waals surface area contributed by atoms with Crippen LogP contribution in [0.5, 0.6) is 0 Å². The molecule has 0 spiro atoms. The zero-order valence-corrected chi connectivity index (χ0v) is 18.1. The number of carbonyl (C=O) groups excluding carboxylic acids is 1. The fourth-order valence-electron chi connectivity index (χ4n) is 3.65. The molecule has 10 heteroatoms. The van der Waals surface area contributed by atoms with E-state index in [9.17, 15) is 18.0 Å². The molecule has 1 heterocycles. The summed E-state index contributed by atoms with van der Waals surface area (Å²) in [6.07, 6.45) is -2.20. The zero-order valence-electron chi connectivity index (χ0n) is 18.1. The van der Waals surface area contributed by atoms with E-state index in [1.54, 1.807) is 12.1 Å². The lowest BCUT2D eigenvalue weighted by atomic mass is 9.79. The third kappa shape index (κ3) is 5.18. The number of nitrogens with zero attached hydrogens (tertiary/aromatic N) is 2. The van der Waals surface area contributed by atoms with Crippen LogP contribution in [0.15, 0.2) is 30.5 Å². The summed E-state index contributed by atoms with van der Waals surface area (Å²) in [5.41, 5.74) is 2.13. The Labute approximate surface area is 184 Å². The molecule has 174 valence electrons. The Morgan fingerprint density at radius 1 is 1.09 bits per heavy atom. The van der Waals surface area contributed by atoms with E-state index in [1.807, 2.05) is 17.4 Å². The monoisotopic (exact) mass is 453 g/mol. The molecule has 32 heavy (non-hydrogen) atoms. The van der Waals surface area contributed by atoms with Gasteiger partial charge in [-0.05, 0) is 29.9 Å². The van der Waals surface area contributed by atoms with Crippen LogP contribution in [-0.2, 0) is 19.0 Å². The van der Waals surface area contributed by atoms with Crippen LogP contribution in [0.25, 0.3) is 0 Å². The molecule has 2 atom stereocenters. The number of benzene rings is 1. The molecular weight excluding hydrogens is 427 g/mol. The van der Waals surface area contributed by atoms with Crippen LogP contribution in [0.3, 0.4) is 0 Å². The predicted octanol–water partition coefficient (Wildman–Crippen LogP) is 4.31. The Morgan fingerprint density at radius 3 is 2.25 bits per heavy atom. The number of hydrogen-bond donors (Lipinski definition) is 1. The summed E-state index contributed by atoms with van der Waals surface area (Å²) in [4.78, 5) is 20.9. The second-order valence-corrected chi connectivity index (χ2v) is 7.47. The Hall–Kier alpha value is -2.72. The maximum absolute atomic E-state index is 13.6. The van der Waals surface area contributed by atoms with Crippen LogP contribution in [0.4, 0.5) is 19.1 Å². The summed E-state index contributed by atoms with van der Waals surface area (Å²) in [6, 6.07) is 7.52. The lowest BCUT2D eigenvalue weighted by Gasteiger charge is -2.26. The molecular formula is C22H26F3N3O4. The van der Waals surface area contributed by atoms with E-state index in [0.29, 0.717) is 11.5 Å². The van der Waals surface area contributed by atoms with Crippen molar-refractivity contribution in [3.63, 3.8) is 0 Å². The number of carbonyl (C=O) groups is 1. The second kappa shape index (κ2) is 10.7. The topological polar surface area (TPSA) is 82.6 Å². The minimum Gasteiger partial charge on any atom is -0.468 e. The van der Waals surface area contributed by atoms with Gasteiger partial charge < -0.3 is 19.5 Å². The maximum atomic E-state index is 13.6. The van der Waals surface area contributed by atoms with Crippen molar-refractivity contribution >= 4 is 11.9 Å². The van der Waals surface area contributed by atoms with Crippen molar-refractivity contribution in [3.05, 3.63) is 52.8 Å². The van der Waals surface area contributed by atoms with Crippen LogP contribution in [0.2, 0.25) is 0 Å². The molecule has 0 bridgehead atoms. The van der Waals surface area contributed by atoms with E-state index < -0.39 is 36.8 Å². The minimum atomic E-state index is -3.28. The first-order chi connectivity index (χ1) is 15.4. The lowest BCUT2D eigenvalue weighted by Crippen LogP contribution is -2.26. The average molecular weight is 453 g/mol. The van der Waals surface area contributed by atoms with Crippen molar-refractivity contribution in [2.45, 2.75) is 50.1 Å². The SMILES string of the molecule is COC(=O)C(c1ccc(C2CCC2)cc1)c1nc(NC(F)C(F)F)ncc1C(OC)OC. The van der Waals surface area contributed by atoms with Gasteiger partial charge in [0, 0.05) is 26.0 Å². The number of alkyl halides is 3. The first-order valence-electron chi connectivity index (χ1n) is 10.2. The fourth-order valence-corrected chi connectivity index (χ4v) is 3.65. The molecule has 1 N–H and O–H groups in total. The van der Waals surface area contributed by atoms with Gasteiger partial charge in [0.15, 0.2) is 6.29 Å². The molecule has 3 rings (SSSR count). The molecule has 1 fully saturated rings. The fraction of sp³-hybridized carbons (Fsp3) is 0.500. The molecule has 0 amide bonds. The molecule has 7 nitrogen and oxygen atoms in total. The average Bonchev–Trinajstić information content (AvgIpc) is 2.75. The number of anilines is 1. The third-order valence-electron chi connectivity index (χ3n) is 5.58. The molecule has 0 aliphatic heterocycles. The maximum Gasteiger partial charge on any atom is 0.319 e. The molecule has 2 unspecified atom stereocenters. The Kier molecular flexibility index (Phi) is 8.03. The van der Waals surface area contributed by atoms with Gasteiger partial charge in [-0.15, -0.1) is 0 Å². The highest BCUT2D eigenvalue weighted by molar-refractivity contribution is 5.82. The van der Waals surface area contributed by atoms with Gasteiger partial charge >= 0.3 is 5.97 Å². The Bertz CT molecular complexity index is 906. The van der Waals surface area contributed by atoms with E-state index in [-0.39, 0.29) is 11.3 Å². The van der Waals surface area contributed by atoms with Crippen molar-refractivity contribution in [3.8, 4) is 0 Å². The lowest BCUT2D eigenvalue weighted by molar-refractivity contribution is -0.141. The highest BCUT2D eigenvalue weighted by Gasteiger charge is 2.32. The molecule has 0 radical (unpaired) electrons. The molecule has 0 saturated heterocycles. The van der Waals surface area contributed by atoms with E-state index in [1.165, 1.54) is 39.5 Å².